The minimum atomic E-state index is -0.306. The molecule has 0 aliphatic rings. The van der Waals surface area contributed by atoms with Crippen molar-refractivity contribution < 1.29 is 13.9 Å². The van der Waals surface area contributed by atoms with Crippen molar-refractivity contribution in [3.8, 4) is 5.75 Å². The van der Waals surface area contributed by atoms with Gasteiger partial charge in [0.05, 0.1) is 5.69 Å². The Bertz CT molecular complexity index is 581. The van der Waals surface area contributed by atoms with E-state index in [1.165, 1.54) is 23.5 Å². The van der Waals surface area contributed by atoms with E-state index in [0.29, 0.717) is 21.3 Å². The minimum absolute atomic E-state index is 0.150. The van der Waals surface area contributed by atoms with Crippen molar-refractivity contribution in [1.82, 2.24) is 10.3 Å². The molecule has 0 radical (unpaired) electrons. The first-order chi connectivity index (χ1) is 9.10. The molecule has 0 spiro atoms. The lowest BCUT2D eigenvalue weighted by Crippen LogP contribution is -2.17. The Morgan fingerprint density at radius 2 is 2.11 bits per heavy atom. The van der Waals surface area contributed by atoms with E-state index in [0.717, 1.165) is 0 Å². The number of thiazole rings is 1. The highest BCUT2D eigenvalue weighted by Gasteiger charge is 2.14. The van der Waals surface area contributed by atoms with Gasteiger partial charge in [-0.1, -0.05) is 0 Å². The number of rotatable bonds is 4. The van der Waals surface area contributed by atoms with Crippen LogP contribution in [-0.4, -0.2) is 17.9 Å². The number of aryl methyl sites for hydroxylation is 1. The van der Waals surface area contributed by atoms with E-state index < -0.39 is 0 Å². The normalized spacial score (nSPS) is 10.3. The maximum atomic E-state index is 12.7. The number of ether oxygens (including phenoxy) is 1. The fourth-order valence-corrected chi connectivity index (χ4v) is 2.44. The standard InChI is InChI=1S/C13H13FN2O2S/c1-8-12(13(17)15-2)19-11(16-8)7-18-10-5-3-9(14)4-6-10/h3-6H,7H2,1-2H3,(H,15,17). The molecule has 1 aromatic carbocycles. The molecule has 0 bridgehead atoms. The maximum absolute atomic E-state index is 12.7. The van der Waals surface area contributed by atoms with E-state index >= 15 is 0 Å². The SMILES string of the molecule is CNC(=O)c1sc(COc2ccc(F)cc2)nc1C. The molecule has 6 heteroatoms. The highest BCUT2D eigenvalue weighted by molar-refractivity contribution is 7.13. The summed E-state index contributed by atoms with van der Waals surface area (Å²) < 4.78 is 18.2. The average molecular weight is 280 g/mol. The molecule has 4 nitrogen and oxygen atoms in total. The smallest absolute Gasteiger partial charge is 0.263 e. The fourth-order valence-electron chi connectivity index (χ4n) is 1.51. The molecule has 0 fully saturated rings. The molecule has 1 heterocycles. The highest BCUT2D eigenvalue weighted by atomic mass is 32.1. The van der Waals surface area contributed by atoms with Crippen molar-refractivity contribution in [1.29, 1.82) is 0 Å². The number of halogens is 1. The van der Waals surface area contributed by atoms with Crippen LogP contribution < -0.4 is 10.1 Å². The van der Waals surface area contributed by atoms with Gasteiger partial charge in [0.1, 0.15) is 28.1 Å². The summed E-state index contributed by atoms with van der Waals surface area (Å²) in [4.78, 5) is 16.4. The summed E-state index contributed by atoms with van der Waals surface area (Å²) in [6.07, 6.45) is 0. The Kier molecular flexibility index (Phi) is 4.11. The summed E-state index contributed by atoms with van der Waals surface area (Å²) in [7, 11) is 1.58. The second-order valence-corrected chi connectivity index (χ2v) is 4.93. The van der Waals surface area contributed by atoms with Gasteiger partial charge in [0.25, 0.3) is 5.91 Å². The molecule has 1 aromatic heterocycles. The first-order valence-corrected chi connectivity index (χ1v) is 6.48. The van der Waals surface area contributed by atoms with Crippen molar-refractivity contribution in [3.05, 3.63) is 45.7 Å². The van der Waals surface area contributed by atoms with Gasteiger partial charge in [0.15, 0.2) is 0 Å². The Balaban J connectivity index is 2.04. The summed E-state index contributed by atoms with van der Waals surface area (Å²) in [6, 6.07) is 5.77. The van der Waals surface area contributed by atoms with E-state index in [-0.39, 0.29) is 18.3 Å². The van der Waals surface area contributed by atoms with Crippen LogP contribution in [0.15, 0.2) is 24.3 Å². The zero-order valence-corrected chi connectivity index (χ0v) is 11.4. The first-order valence-electron chi connectivity index (χ1n) is 5.67. The molecule has 0 saturated carbocycles. The van der Waals surface area contributed by atoms with Crippen LogP contribution in [0, 0.1) is 12.7 Å². The average Bonchev–Trinajstić information content (AvgIpc) is 2.78. The van der Waals surface area contributed by atoms with E-state index in [1.54, 1.807) is 26.1 Å². The van der Waals surface area contributed by atoms with Crippen LogP contribution >= 0.6 is 11.3 Å². The van der Waals surface area contributed by atoms with Crippen LogP contribution in [0.2, 0.25) is 0 Å². The summed E-state index contributed by atoms with van der Waals surface area (Å²) >= 11 is 1.29. The first kappa shape index (κ1) is 13.5. The lowest BCUT2D eigenvalue weighted by molar-refractivity contribution is 0.0966. The second kappa shape index (κ2) is 5.79. The predicted molar refractivity (Wildman–Crippen MR) is 71.0 cm³/mol. The fraction of sp³-hybridized carbons (Fsp3) is 0.231. The van der Waals surface area contributed by atoms with Crippen LogP contribution in [-0.2, 0) is 6.61 Å². The molecule has 0 aliphatic carbocycles. The van der Waals surface area contributed by atoms with Crippen molar-refractivity contribution in [2.45, 2.75) is 13.5 Å². The van der Waals surface area contributed by atoms with Crippen molar-refractivity contribution >= 4 is 17.2 Å². The van der Waals surface area contributed by atoms with Gasteiger partial charge in [0.2, 0.25) is 0 Å². The van der Waals surface area contributed by atoms with E-state index in [9.17, 15) is 9.18 Å². The summed E-state index contributed by atoms with van der Waals surface area (Å²) in [6.45, 7) is 2.04. The summed E-state index contributed by atoms with van der Waals surface area (Å²) in [5.41, 5.74) is 0.682. The number of carbonyl (C=O) groups excluding carboxylic acids is 1. The van der Waals surface area contributed by atoms with Gasteiger partial charge in [-0.05, 0) is 31.2 Å². The van der Waals surface area contributed by atoms with Crippen LogP contribution in [0.5, 0.6) is 5.75 Å². The van der Waals surface area contributed by atoms with Crippen LogP contribution in [0.3, 0.4) is 0 Å². The molecule has 0 saturated heterocycles. The van der Waals surface area contributed by atoms with E-state index in [1.807, 2.05) is 0 Å². The van der Waals surface area contributed by atoms with Gasteiger partial charge < -0.3 is 10.1 Å². The molecule has 0 atom stereocenters. The molecule has 2 rings (SSSR count). The Labute approximate surface area is 114 Å². The number of hydrogen-bond donors (Lipinski definition) is 1. The van der Waals surface area contributed by atoms with Gasteiger partial charge in [-0.3, -0.25) is 4.79 Å². The monoisotopic (exact) mass is 280 g/mol. The Hall–Kier alpha value is -1.95. The molecule has 100 valence electrons. The zero-order valence-electron chi connectivity index (χ0n) is 10.6. The largest absolute Gasteiger partial charge is 0.486 e. The van der Waals surface area contributed by atoms with Gasteiger partial charge in [-0.25, -0.2) is 9.37 Å². The molecule has 19 heavy (non-hydrogen) atoms. The molecule has 1 amide bonds. The Morgan fingerprint density at radius 3 is 2.74 bits per heavy atom. The maximum Gasteiger partial charge on any atom is 0.263 e. The lowest BCUT2D eigenvalue weighted by Gasteiger charge is -2.02. The Morgan fingerprint density at radius 1 is 1.42 bits per heavy atom. The third kappa shape index (κ3) is 3.29. The molecule has 0 aliphatic heterocycles. The molecular formula is C13H13FN2O2S. The molecule has 1 N–H and O–H groups in total. The number of benzene rings is 1. The van der Waals surface area contributed by atoms with Gasteiger partial charge in [0, 0.05) is 7.05 Å². The van der Waals surface area contributed by atoms with Crippen molar-refractivity contribution in [2.75, 3.05) is 7.05 Å². The second-order valence-electron chi connectivity index (χ2n) is 3.84. The van der Waals surface area contributed by atoms with Crippen LogP contribution in [0.25, 0.3) is 0 Å². The third-order valence-electron chi connectivity index (χ3n) is 2.45. The number of amides is 1. The van der Waals surface area contributed by atoms with Gasteiger partial charge in [-0.15, -0.1) is 11.3 Å². The van der Waals surface area contributed by atoms with Gasteiger partial charge in [-0.2, -0.15) is 0 Å². The predicted octanol–water partition coefficient (Wildman–Crippen LogP) is 2.53. The van der Waals surface area contributed by atoms with E-state index in [2.05, 4.69) is 10.3 Å². The zero-order chi connectivity index (χ0) is 13.8. The molecule has 0 unspecified atom stereocenters. The van der Waals surface area contributed by atoms with Crippen LogP contribution in [0.4, 0.5) is 4.39 Å². The summed E-state index contributed by atoms with van der Waals surface area (Å²) in [5.74, 6) is 0.109. The molecule has 2 aromatic rings. The number of aromatic nitrogens is 1. The number of nitrogens with one attached hydrogen (secondary N) is 1. The van der Waals surface area contributed by atoms with E-state index in [4.69, 9.17) is 4.74 Å². The number of carbonyl (C=O) groups is 1. The van der Waals surface area contributed by atoms with Gasteiger partial charge >= 0.3 is 0 Å². The lowest BCUT2D eigenvalue weighted by atomic mass is 10.3. The van der Waals surface area contributed by atoms with Crippen molar-refractivity contribution in [2.24, 2.45) is 0 Å². The topological polar surface area (TPSA) is 51.2 Å². The van der Waals surface area contributed by atoms with Crippen LogP contribution in [0.1, 0.15) is 20.4 Å². The van der Waals surface area contributed by atoms with Crippen molar-refractivity contribution in [3.63, 3.8) is 0 Å². The number of hydrogen-bond acceptors (Lipinski definition) is 4. The summed E-state index contributed by atoms with van der Waals surface area (Å²) in [5, 5.41) is 3.27. The minimum Gasteiger partial charge on any atom is -0.486 e. The third-order valence-corrected chi connectivity index (χ3v) is 3.58. The molecular weight excluding hydrogens is 267 g/mol. The highest BCUT2D eigenvalue weighted by Crippen LogP contribution is 2.20. The number of nitrogens with zero attached hydrogens (tertiary/aromatic N) is 1. The quantitative estimate of drug-likeness (QED) is 0.936.